The molecule has 26 heteroatoms. The number of nitrogen functional groups attached to an aromatic ring is 1. The Bertz CT molecular complexity index is 3320. The fraction of sp³-hybridized carbons (Fsp3) is 0.143. The Labute approximate surface area is 401 Å². The van der Waals surface area contributed by atoms with Gasteiger partial charge in [-0.15, -0.1) is 0 Å². The lowest BCUT2D eigenvalue weighted by atomic mass is 10.2. The lowest BCUT2D eigenvalue weighted by Crippen LogP contribution is -2.21. The van der Waals surface area contributed by atoms with Crippen molar-refractivity contribution in [2.75, 3.05) is 40.5 Å². The number of carbonyl (C=O) groups is 4. The van der Waals surface area contributed by atoms with Gasteiger partial charge in [-0.3, -0.25) is 39.9 Å². The predicted molar refractivity (Wildman–Crippen MR) is 257 cm³/mol. The van der Waals surface area contributed by atoms with Crippen LogP contribution in [0.1, 0.15) is 48.9 Å². The number of nitrogens with one attached hydrogen (secondary N) is 4. The van der Waals surface area contributed by atoms with Crippen molar-refractivity contribution in [2.45, 2.75) is 6.92 Å². The maximum Gasteiger partial charge on any atom is 0.354 e. The first-order valence-electron chi connectivity index (χ1n) is 19.2. The molecule has 0 fully saturated rings. The van der Waals surface area contributed by atoms with Gasteiger partial charge in [0, 0.05) is 91.8 Å². The highest BCUT2D eigenvalue weighted by Gasteiger charge is 2.19. The van der Waals surface area contributed by atoms with Crippen LogP contribution in [0.5, 0.6) is 0 Å². The number of nitrogens with two attached hydrogens (primary N) is 1. The molecule has 0 radical (unpaired) electrons. The van der Waals surface area contributed by atoms with E-state index >= 15 is 0 Å². The molecule has 0 bridgehead atoms. The molecule has 0 saturated carbocycles. The Morgan fingerprint density at radius 1 is 0.544 bits per heavy atom. The zero-order valence-corrected chi connectivity index (χ0v) is 38.9. The zero-order chi connectivity index (χ0) is 50.5. The van der Waals surface area contributed by atoms with Gasteiger partial charge in [0.05, 0.1) is 63.5 Å². The number of hydrogen-bond donors (Lipinski definition) is 6. The number of halogens is 4. The summed E-state index contributed by atoms with van der Waals surface area (Å²) in [5, 5.41) is 44.0. The first kappa shape index (κ1) is 51.1. The van der Waals surface area contributed by atoms with E-state index in [1.54, 1.807) is 59.4 Å². The molecule has 0 aliphatic carbocycles. The average molecular weight is 1010 g/mol. The highest BCUT2D eigenvalue weighted by molar-refractivity contribution is 6.37. The molecule has 0 unspecified atom stereocenters. The molecule has 8 rings (SSSR count). The number of carboxylic acid groups (broad SMARTS) is 1. The number of nitro groups is 3. The summed E-state index contributed by atoms with van der Waals surface area (Å²) >= 11 is 23.7. The van der Waals surface area contributed by atoms with Crippen LogP contribution in [0.25, 0.3) is 43.6 Å². The van der Waals surface area contributed by atoms with Gasteiger partial charge in [-0.2, -0.15) is 0 Å². The van der Waals surface area contributed by atoms with E-state index in [9.17, 15) is 49.5 Å². The number of anilines is 1. The summed E-state index contributed by atoms with van der Waals surface area (Å²) in [5.41, 5.74) is 8.99. The number of H-pyrrole nitrogens is 4. The molecule has 4 aromatic carbocycles. The number of non-ortho nitro benzene ring substituents is 3. The molecule has 22 nitrogen and oxygen atoms in total. The predicted octanol–water partition coefficient (Wildman–Crippen LogP) is 9.87. The third kappa shape index (κ3) is 11.7. The molecule has 2 amide bonds. The molecular weight excluding hydrogens is 978 g/mol. The maximum absolute atomic E-state index is 11.8. The van der Waals surface area contributed by atoms with Gasteiger partial charge in [0.25, 0.3) is 28.9 Å². The second kappa shape index (κ2) is 21.1. The van der Waals surface area contributed by atoms with Crippen LogP contribution in [0, 0.1) is 30.3 Å². The van der Waals surface area contributed by atoms with E-state index < -0.39 is 26.7 Å². The Morgan fingerprint density at radius 3 is 1.19 bits per heavy atom. The lowest BCUT2D eigenvalue weighted by molar-refractivity contribution is -0.384. The fourth-order valence-corrected chi connectivity index (χ4v) is 7.33. The highest BCUT2D eigenvalue weighted by Crippen LogP contribution is 2.32. The molecule has 0 aliphatic heterocycles. The van der Waals surface area contributed by atoms with Crippen molar-refractivity contribution in [3.63, 3.8) is 0 Å². The SMILES string of the molecule is CCOC(=O)c1cc2cc([N+](=O)[O-])cc(Cl)c2[nH]1.CN(C)C(=O)c1cc2cc(N)cc(Cl)c2[nH]1.CN(C)C(=O)c1cc2cc([N+](=O)[O-])cc(Cl)c2[nH]1.O=C(O)c1cc2cc([N+](=O)[O-])cc(Cl)c2[nH]1. The summed E-state index contributed by atoms with van der Waals surface area (Å²) in [4.78, 5) is 90.1. The van der Waals surface area contributed by atoms with E-state index in [0.717, 1.165) is 10.9 Å². The van der Waals surface area contributed by atoms with Gasteiger partial charge in [-0.1, -0.05) is 46.4 Å². The fourth-order valence-electron chi connectivity index (χ4n) is 6.24. The van der Waals surface area contributed by atoms with Gasteiger partial charge < -0.3 is 45.3 Å². The first-order chi connectivity index (χ1) is 31.9. The van der Waals surface area contributed by atoms with Crippen LogP contribution in [0.3, 0.4) is 0 Å². The van der Waals surface area contributed by atoms with E-state index in [4.69, 9.17) is 62.0 Å². The number of nitrogens with zero attached hydrogens (tertiary/aromatic N) is 5. The Morgan fingerprint density at radius 2 is 0.853 bits per heavy atom. The number of esters is 1. The second-order valence-corrected chi connectivity index (χ2v) is 16.2. The van der Waals surface area contributed by atoms with Crippen molar-refractivity contribution >= 4 is 137 Å². The highest BCUT2D eigenvalue weighted by atomic mass is 35.5. The van der Waals surface area contributed by atoms with E-state index in [1.165, 1.54) is 58.3 Å². The monoisotopic (exact) mass is 1010 g/mol. The minimum atomic E-state index is -1.14. The first-order valence-corrected chi connectivity index (χ1v) is 20.7. The van der Waals surface area contributed by atoms with Gasteiger partial charge in [0.15, 0.2) is 0 Å². The molecule has 4 aromatic heterocycles. The zero-order valence-electron chi connectivity index (χ0n) is 35.9. The molecule has 354 valence electrons. The molecule has 68 heavy (non-hydrogen) atoms. The van der Waals surface area contributed by atoms with Crippen molar-refractivity contribution in [3.8, 4) is 0 Å². The number of rotatable bonds is 8. The number of aromatic nitrogens is 4. The van der Waals surface area contributed by atoms with E-state index in [-0.39, 0.29) is 61.9 Å². The summed E-state index contributed by atoms with van der Waals surface area (Å²) in [6, 6.07) is 17.2. The molecule has 0 atom stereocenters. The van der Waals surface area contributed by atoms with E-state index in [1.807, 2.05) is 0 Å². The molecule has 8 aromatic rings. The van der Waals surface area contributed by atoms with Crippen molar-refractivity contribution in [1.82, 2.24) is 29.7 Å². The molecule has 7 N–H and O–H groups in total. The number of carbonyl (C=O) groups excluding carboxylic acids is 3. The van der Waals surface area contributed by atoms with Crippen LogP contribution in [-0.2, 0) is 4.74 Å². The molecular formula is C42H36Cl4N10O12. The van der Waals surface area contributed by atoms with Crippen molar-refractivity contribution in [2.24, 2.45) is 0 Å². The quantitative estimate of drug-likeness (QED) is 0.0357. The van der Waals surface area contributed by atoms with E-state index in [0.29, 0.717) is 54.8 Å². The van der Waals surface area contributed by atoms with Crippen LogP contribution in [0.4, 0.5) is 22.7 Å². The summed E-state index contributed by atoms with van der Waals surface area (Å²) in [6.07, 6.45) is 0. The van der Waals surface area contributed by atoms with Crippen molar-refractivity contribution in [3.05, 3.63) is 146 Å². The average Bonchev–Trinajstić information content (AvgIpc) is 4.09. The molecule has 0 saturated heterocycles. The number of carboxylic acids is 1. The van der Waals surface area contributed by atoms with Gasteiger partial charge in [-0.25, -0.2) is 9.59 Å². The third-order valence-electron chi connectivity index (χ3n) is 9.33. The summed E-state index contributed by atoms with van der Waals surface area (Å²) < 4.78 is 4.83. The van der Waals surface area contributed by atoms with Gasteiger partial charge in [-0.05, 0) is 43.3 Å². The number of nitro benzene ring substituents is 3. The van der Waals surface area contributed by atoms with Gasteiger partial charge in [0.1, 0.15) is 22.8 Å². The van der Waals surface area contributed by atoms with Crippen LogP contribution in [0.2, 0.25) is 20.1 Å². The number of ether oxygens (including phenoxy) is 1. The Kier molecular flexibility index (Phi) is 15.9. The topological polar surface area (TPSA) is 323 Å². The molecule has 0 aliphatic rings. The number of hydrogen-bond acceptors (Lipinski definition) is 12. The van der Waals surface area contributed by atoms with Crippen LogP contribution in [-0.4, -0.2) is 108 Å². The van der Waals surface area contributed by atoms with Crippen LogP contribution in [0.15, 0.2) is 72.8 Å². The Balaban J connectivity index is 0.000000170. The largest absolute Gasteiger partial charge is 0.477 e. The second-order valence-electron chi connectivity index (χ2n) is 14.6. The normalized spacial score (nSPS) is 10.6. The lowest BCUT2D eigenvalue weighted by Gasteiger charge is -2.07. The minimum Gasteiger partial charge on any atom is -0.477 e. The van der Waals surface area contributed by atoms with Gasteiger partial charge >= 0.3 is 11.9 Å². The number of benzene rings is 4. The van der Waals surface area contributed by atoms with Crippen molar-refractivity contribution in [1.29, 1.82) is 0 Å². The number of amides is 2. The van der Waals surface area contributed by atoms with Crippen LogP contribution < -0.4 is 5.73 Å². The minimum absolute atomic E-state index is 0.0580. The summed E-state index contributed by atoms with van der Waals surface area (Å²) in [7, 11) is 6.64. The Hall–Kier alpha value is -7.92. The number of aromatic carboxylic acids is 1. The summed E-state index contributed by atoms with van der Waals surface area (Å²) in [5.74, 6) is -1.97. The van der Waals surface area contributed by atoms with E-state index in [2.05, 4.69) is 19.9 Å². The third-order valence-corrected chi connectivity index (χ3v) is 10.5. The number of fused-ring (bicyclic) bond motifs is 4. The molecule has 0 spiro atoms. The standard InChI is InChI=1S/C11H10ClN3O3.C11H12ClN3O.C11H9ClN2O4.C9H5ClN2O4/c1-14(2)11(16)9-4-6-3-7(15(17)18)5-8(12)10(6)13-9;1-15(2)11(16)9-4-6-3-7(13)5-8(12)10(6)14-9;1-2-18-11(15)9-4-6-3-7(14(16)17)5-8(12)10(6)13-9;10-6-3-5(12(15)16)1-4-2-7(9(13)14)11-8(4)6/h3-5,13H,1-2H3;3-5,14H,13H2,1-2H3;3-5,13H,2H2,1H3;1-3,11H,(H,13,14). The smallest absolute Gasteiger partial charge is 0.354 e. The molecule has 4 heterocycles. The maximum atomic E-state index is 11.8. The van der Waals surface area contributed by atoms with Crippen LogP contribution >= 0.6 is 46.4 Å². The summed E-state index contributed by atoms with van der Waals surface area (Å²) in [6.45, 7) is 1.94. The van der Waals surface area contributed by atoms with Crippen molar-refractivity contribution < 1.29 is 43.8 Å². The van der Waals surface area contributed by atoms with Gasteiger partial charge in [0.2, 0.25) is 0 Å². The number of aromatic amines is 4.